The van der Waals surface area contributed by atoms with Crippen LogP contribution in [0.2, 0.25) is 0 Å². The molecule has 35 heavy (non-hydrogen) atoms. The monoisotopic (exact) mass is 478 g/mol. The number of anilines is 2. The quantitative estimate of drug-likeness (QED) is 0.581. The molecule has 3 aromatic rings. The average molecular weight is 479 g/mol. The van der Waals surface area contributed by atoms with Gasteiger partial charge in [0.15, 0.2) is 5.76 Å². The van der Waals surface area contributed by atoms with Crippen LogP contribution >= 0.6 is 0 Å². The summed E-state index contributed by atoms with van der Waals surface area (Å²) >= 11 is 0. The lowest BCUT2D eigenvalue weighted by atomic mass is 9.83. The molecule has 2 aliphatic rings. The molecule has 2 N–H and O–H groups in total. The number of ether oxygens (including phenoxy) is 2. The van der Waals surface area contributed by atoms with Crippen LogP contribution in [0, 0.1) is 5.92 Å². The number of pyridine rings is 1. The molecule has 0 saturated carbocycles. The van der Waals surface area contributed by atoms with E-state index in [-0.39, 0.29) is 34.9 Å². The van der Waals surface area contributed by atoms with E-state index in [9.17, 15) is 14.4 Å². The van der Waals surface area contributed by atoms with Crippen LogP contribution in [0.25, 0.3) is 0 Å². The smallest absolute Gasteiger partial charge is 0.321 e. The second-order valence-corrected chi connectivity index (χ2v) is 8.75. The first-order valence-electron chi connectivity index (χ1n) is 11.3. The van der Waals surface area contributed by atoms with Crippen LogP contribution in [-0.4, -0.2) is 48.7 Å². The van der Waals surface area contributed by atoms with Crippen LogP contribution in [0.4, 0.5) is 16.2 Å². The number of rotatable bonds is 5. The zero-order chi connectivity index (χ0) is 24.5. The molecule has 5 rings (SSSR count). The number of carbonyl (C=O) groups excluding carboxylic acids is 2. The number of nitrogens with zero attached hydrogens (tertiary/aromatic N) is 2. The first kappa shape index (κ1) is 22.6. The van der Waals surface area contributed by atoms with Gasteiger partial charge in [0.2, 0.25) is 0 Å². The van der Waals surface area contributed by atoms with Crippen LogP contribution in [-0.2, 0) is 6.54 Å². The molecular formula is C25H26N4O6. The molecule has 2 bridgehead atoms. The fraction of sp³-hybridized carbons (Fsp3) is 0.320. The van der Waals surface area contributed by atoms with Gasteiger partial charge in [-0.25, -0.2) is 4.79 Å². The molecule has 2 atom stereocenters. The number of carbonyl (C=O) groups is 2. The van der Waals surface area contributed by atoms with E-state index in [1.54, 1.807) is 54.0 Å². The SMILES string of the molecule is COc1cc(NC(=O)N2C[C@@H]3C[C@H](C2)c2ccc(NC(=O)c4ccco4)c(=O)n2C3)cc(OC)c1. The number of nitrogens with one attached hydrogen (secondary N) is 2. The molecule has 3 amide bonds. The van der Waals surface area contributed by atoms with Gasteiger partial charge in [-0.3, -0.25) is 9.59 Å². The van der Waals surface area contributed by atoms with Gasteiger partial charge in [-0.1, -0.05) is 0 Å². The van der Waals surface area contributed by atoms with Crippen molar-refractivity contribution in [3.63, 3.8) is 0 Å². The van der Waals surface area contributed by atoms with Crippen molar-refractivity contribution in [1.29, 1.82) is 0 Å². The molecule has 0 radical (unpaired) electrons. The van der Waals surface area contributed by atoms with Gasteiger partial charge in [-0.15, -0.1) is 0 Å². The molecule has 10 nitrogen and oxygen atoms in total. The van der Waals surface area contributed by atoms with Gasteiger partial charge in [0.25, 0.3) is 11.5 Å². The number of aromatic nitrogens is 1. The van der Waals surface area contributed by atoms with Gasteiger partial charge in [-0.2, -0.15) is 0 Å². The maximum Gasteiger partial charge on any atom is 0.321 e. The van der Waals surface area contributed by atoms with Gasteiger partial charge < -0.3 is 34.0 Å². The van der Waals surface area contributed by atoms with Crippen molar-refractivity contribution in [2.75, 3.05) is 37.9 Å². The van der Waals surface area contributed by atoms with E-state index >= 15 is 0 Å². The Balaban J connectivity index is 1.32. The van der Waals surface area contributed by atoms with E-state index in [1.165, 1.54) is 12.3 Å². The van der Waals surface area contributed by atoms with Gasteiger partial charge in [0.1, 0.15) is 17.2 Å². The third kappa shape index (κ3) is 4.46. The second kappa shape index (κ2) is 9.21. The maximum atomic E-state index is 13.1. The Kier molecular flexibility index (Phi) is 5.94. The Labute approximate surface area is 201 Å². The van der Waals surface area contributed by atoms with Crippen LogP contribution < -0.4 is 25.7 Å². The second-order valence-electron chi connectivity index (χ2n) is 8.75. The summed E-state index contributed by atoms with van der Waals surface area (Å²) in [6, 6.07) is 11.6. The first-order valence-corrected chi connectivity index (χ1v) is 11.3. The standard InChI is InChI=1S/C25H26N4O6/c1-33-18-9-17(10-19(11-18)34-2)26-25(32)28-12-15-8-16(14-28)21-6-5-20(24(31)29(21)13-15)27-23(30)22-4-3-7-35-22/h3-7,9-11,15-16H,8,12-14H2,1-2H3,(H,26,32)(H,27,30)/t15-,16+/m0/s1. The van der Waals surface area contributed by atoms with Gasteiger partial charge in [0.05, 0.1) is 20.5 Å². The fourth-order valence-corrected chi connectivity index (χ4v) is 4.88. The van der Waals surface area contributed by atoms with Crippen molar-refractivity contribution in [3.05, 3.63) is 70.5 Å². The average Bonchev–Trinajstić information content (AvgIpc) is 3.41. The number of fused-ring (bicyclic) bond motifs is 4. The minimum absolute atomic E-state index is 0.0237. The van der Waals surface area contributed by atoms with E-state index < -0.39 is 5.91 Å². The fourth-order valence-electron chi connectivity index (χ4n) is 4.88. The van der Waals surface area contributed by atoms with E-state index in [0.717, 1.165) is 12.1 Å². The molecule has 10 heteroatoms. The van der Waals surface area contributed by atoms with Crippen molar-refractivity contribution in [3.8, 4) is 11.5 Å². The number of hydrogen-bond donors (Lipinski definition) is 2. The summed E-state index contributed by atoms with van der Waals surface area (Å²) in [6.07, 6.45) is 2.30. The number of piperidine rings is 1. The molecule has 1 saturated heterocycles. The highest BCUT2D eigenvalue weighted by atomic mass is 16.5. The van der Waals surface area contributed by atoms with Gasteiger partial charge in [-0.05, 0) is 36.6 Å². The highest BCUT2D eigenvalue weighted by Gasteiger charge is 2.37. The molecule has 1 fully saturated rings. The molecule has 2 aromatic heterocycles. The number of benzene rings is 1. The predicted molar refractivity (Wildman–Crippen MR) is 128 cm³/mol. The third-order valence-electron chi connectivity index (χ3n) is 6.49. The Morgan fingerprint density at radius 2 is 1.77 bits per heavy atom. The molecule has 0 unspecified atom stereocenters. The number of methoxy groups -OCH3 is 2. The van der Waals surface area contributed by atoms with E-state index in [4.69, 9.17) is 13.9 Å². The number of likely N-dealkylation sites (tertiary alicyclic amines) is 1. The number of furan rings is 1. The van der Waals surface area contributed by atoms with Crippen LogP contribution in [0.3, 0.4) is 0 Å². The number of amides is 3. The maximum absolute atomic E-state index is 13.1. The number of urea groups is 1. The highest BCUT2D eigenvalue weighted by molar-refractivity contribution is 6.02. The molecular weight excluding hydrogens is 452 g/mol. The Morgan fingerprint density at radius 3 is 2.46 bits per heavy atom. The van der Waals surface area contributed by atoms with E-state index in [2.05, 4.69) is 10.6 Å². The molecule has 0 aliphatic carbocycles. The van der Waals surface area contributed by atoms with E-state index in [1.807, 2.05) is 6.07 Å². The molecule has 182 valence electrons. The summed E-state index contributed by atoms with van der Waals surface area (Å²) in [6.45, 7) is 1.49. The normalized spacial score (nSPS) is 18.4. The summed E-state index contributed by atoms with van der Waals surface area (Å²) in [4.78, 5) is 40.3. The summed E-state index contributed by atoms with van der Waals surface area (Å²) < 4.78 is 17.4. The van der Waals surface area contributed by atoms with Crippen LogP contribution in [0.5, 0.6) is 11.5 Å². The van der Waals surface area contributed by atoms with Crippen molar-refractivity contribution in [2.45, 2.75) is 18.9 Å². The number of hydrogen-bond acceptors (Lipinski definition) is 6. The minimum atomic E-state index is -0.472. The Hall–Kier alpha value is -4.21. The zero-order valence-corrected chi connectivity index (χ0v) is 19.4. The predicted octanol–water partition coefficient (Wildman–Crippen LogP) is 3.36. The summed E-state index contributed by atoms with van der Waals surface area (Å²) in [5.74, 6) is 0.980. The van der Waals surface area contributed by atoms with Crippen LogP contribution in [0.15, 0.2) is 57.9 Å². The zero-order valence-electron chi connectivity index (χ0n) is 19.4. The summed E-state index contributed by atoms with van der Waals surface area (Å²) in [7, 11) is 3.11. The lowest BCUT2D eigenvalue weighted by Crippen LogP contribution is -2.50. The van der Waals surface area contributed by atoms with Gasteiger partial charge in [0, 0.05) is 55.1 Å². The minimum Gasteiger partial charge on any atom is -0.497 e. The van der Waals surface area contributed by atoms with Crippen LogP contribution in [0.1, 0.15) is 28.6 Å². The van der Waals surface area contributed by atoms with Crippen molar-refractivity contribution < 1.29 is 23.5 Å². The Morgan fingerprint density at radius 1 is 1.00 bits per heavy atom. The molecule has 2 aliphatic heterocycles. The summed E-state index contributed by atoms with van der Waals surface area (Å²) in [5.41, 5.74) is 1.40. The first-order chi connectivity index (χ1) is 16.9. The lowest BCUT2D eigenvalue weighted by Gasteiger charge is -2.42. The van der Waals surface area contributed by atoms with Crippen molar-refractivity contribution in [1.82, 2.24) is 9.47 Å². The topological polar surface area (TPSA) is 115 Å². The molecule has 1 aromatic carbocycles. The summed E-state index contributed by atoms with van der Waals surface area (Å²) in [5, 5.41) is 5.57. The highest BCUT2D eigenvalue weighted by Crippen LogP contribution is 2.36. The molecule has 4 heterocycles. The van der Waals surface area contributed by atoms with Gasteiger partial charge >= 0.3 is 6.03 Å². The van der Waals surface area contributed by atoms with Crippen molar-refractivity contribution >= 4 is 23.3 Å². The van der Waals surface area contributed by atoms with E-state index in [0.29, 0.717) is 36.8 Å². The third-order valence-corrected chi connectivity index (χ3v) is 6.49. The van der Waals surface area contributed by atoms with Crippen molar-refractivity contribution in [2.24, 2.45) is 5.92 Å². The lowest BCUT2D eigenvalue weighted by molar-refractivity contribution is 0.0996. The Bertz CT molecular complexity index is 1290. The molecule has 0 spiro atoms. The largest absolute Gasteiger partial charge is 0.497 e.